The first-order valence-corrected chi connectivity index (χ1v) is 7.44. The van der Waals surface area contributed by atoms with Gasteiger partial charge in [-0.2, -0.15) is 8.78 Å². The Balaban J connectivity index is 1.85. The Morgan fingerprint density at radius 3 is 2.30 bits per heavy atom. The summed E-state index contributed by atoms with van der Waals surface area (Å²) in [6.45, 7) is -2.57. The lowest BCUT2D eigenvalue weighted by Crippen LogP contribution is -2.24. The van der Waals surface area contributed by atoms with Gasteiger partial charge in [0.05, 0.1) is 16.5 Å². The summed E-state index contributed by atoms with van der Waals surface area (Å²) in [4.78, 5) is 11.9. The van der Waals surface area contributed by atoms with E-state index in [1.165, 1.54) is 12.1 Å². The summed E-state index contributed by atoms with van der Waals surface area (Å²) in [6.07, 6.45) is 0.170. The second-order valence-corrected chi connectivity index (χ2v) is 5.54. The lowest BCUT2D eigenvalue weighted by atomic mass is 10.1. The van der Waals surface area contributed by atoms with Crippen LogP contribution in [0.2, 0.25) is 10.0 Å². The third kappa shape index (κ3) is 5.69. The largest absolute Gasteiger partial charge is 0.435 e. The molecule has 0 fully saturated rings. The molecule has 0 saturated heterocycles. The lowest BCUT2D eigenvalue weighted by molar-refractivity contribution is -0.120. The monoisotopic (exact) mass is 359 g/mol. The molecule has 0 radical (unpaired) electrons. The summed E-state index contributed by atoms with van der Waals surface area (Å²) in [7, 11) is 0. The molecule has 0 aliphatic carbocycles. The first kappa shape index (κ1) is 17.5. The fourth-order valence-corrected chi connectivity index (χ4v) is 2.21. The number of benzene rings is 2. The molecule has 1 amide bonds. The van der Waals surface area contributed by atoms with Gasteiger partial charge in [0.25, 0.3) is 0 Å². The molecule has 0 bridgehead atoms. The van der Waals surface area contributed by atoms with E-state index in [1.807, 2.05) is 0 Å². The van der Waals surface area contributed by atoms with Crippen molar-refractivity contribution >= 4 is 29.1 Å². The molecule has 0 unspecified atom stereocenters. The quantitative estimate of drug-likeness (QED) is 0.827. The van der Waals surface area contributed by atoms with Crippen molar-refractivity contribution in [3.8, 4) is 5.75 Å². The summed E-state index contributed by atoms with van der Waals surface area (Å²) < 4.78 is 28.3. The van der Waals surface area contributed by atoms with Gasteiger partial charge in [0.1, 0.15) is 5.75 Å². The highest BCUT2D eigenvalue weighted by molar-refractivity contribution is 6.42. The third-order valence-corrected chi connectivity index (χ3v) is 3.73. The van der Waals surface area contributed by atoms with Gasteiger partial charge >= 0.3 is 6.61 Å². The number of halogens is 4. The smallest absolute Gasteiger partial charge is 0.387 e. The number of carbonyl (C=O) groups is 1. The number of amides is 1. The molecule has 3 nitrogen and oxygen atoms in total. The Hall–Kier alpha value is -1.85. The van der Waals surface area contributed by atoms with Crippen LogP contribution in [0, 0.1) is 0 Å². The van der Waals surface area contributed by atoms with Crippen LogP contribution in [0.3, 0.4) is 0 Å². The second kappa shape index (κ2) is 8.13. The van der Waals surface area contributed by atoms with Crippen LogP contribution in [0.25, 0.3) is 0 Å². The van der Waals surface area contributed by atoms with Gasteiger partial charge in [-0.1, -0.05) is 41.4 Å². The maximum Gasteiger partial charge on any atom is 0.387 e. The van der Waals surface area contributed by atoms with Gasteiger partial charge in [-0.3, -0.25) is 4.79 Å². The van der Waals surface area contributed by atoms with Crippen LogP contribution < -0.4 is 10.1 Å². The van der Waals surface area contributed by atoms with Gasteiger partial charge in [0.2, 0.25) is 5.91 Å². The minimum Gasteiger partial charge on any atom is -0.435 e. The van der Waals surface area contributed by atoms with Crippen LogP contribution in [0.4, 0.5) is 8.78 Å². The number of carbonyl (C=O) groups excluding carboxylic acids is 1. The number of hydrogen-bond donors (Lipinski definition) is 1. The van der Waals surface area contributed by atoms with Gasteiger partial charge in [-0.15, -0.1) is 0 Å². The topological polar surface area (TPSA) is 38.3 Å². The van der Waals surface area contributed by atoms with Crippen LogP contribution in [-0.4, -0.2) is 12.5 Å². The molecule has 122 valence electrons. The molecule has 0 atom stereocenters. The van der Waals surface area contributed by atoms with Crippen molar-refractivity contribution in [2.45, 2.75) is 19.6 Å². The first-order valence-electron chi connectivity index (χ1n) is 6.68. The Morgan fingerprint density at radius 2 is 1.70 bits per heavy atom. The number of alkyl halides is 2. The van der Waals surface area contributed by atoms with E-state index in [0.29, 0.717) is 10.0 Å². The Kier molecular flexibility index (Phi) is 6.19. The van der Waals surface area contributed by atoms with E-state index in [1.54, 1.807) is 30.3 Å². The maximum absolute atomic E-state index is 12.0. The Labute approximate surface area is 142 Å². The van der Waals surface area contributed by atoms with Crippen molar-refractivity contribution in [1.29, 1.82) is 0 Å². The number of rotatable bonds is 6. The van der Waals surface area contributed by atoms with Crippen LogP contribution >= 0.6 is 23.2 Å². The van der Waals surface area contributed by atoms with E-state index in [-0.39, 0.29) is 24.6 Å². The van der Waals surface area contributed by atoms with Crippen molar-refractivity contribution in [1.82, 2.24) is 5.32 Å². The number of ether oxygens (including phenoxy) is 1. The highest BCUT2D eigenvalue weighted by atomic mass is 35.5. The molecule has 2 rings (SSSR count). The zero-order valence-electron chi connectivity index (χ0n) is 11.9. The molecular formula is C16H13Cl2F2NO2. The van der Waals surface area contributed by atoms with Crippen molar-refractivity contribution in [3.05, 3.63) is 63.6 Å². The molecule has 0 saturated carbocycles. The van der Waals surface area contributed by atoms with Gasteiger partial charge < -0.3 is 10.1 Å². The SMILES string of the molecule is O=C(Cc1ccc(Cl)c(Cl)c1)NCc1ccc(OC(F)F)cc1. The minimum absolute atomic E-state index is 0.0749. The second-order valence-electron chi connectivity index (χ2n) is 4.72. The van der Waals surface area contributed by atoms with Gasteiger partial charge in [-0.25, -0.2) is 0 Å². The highest BCUT2D eigenvalue weighted by Crippen LogP contribution is 2.22. The zero-order chi connectivity index (χ0) is 16.8. The Bertz CT molecular complexity index is 678. The predicted octanol–water partition coefficient (Wildman–Crippen LogP) is 4.45. The van der Waals surface area contributed by atoms with E-state index >= 15 is 0 Å². The van der Waals surface area contributed by atoms with E-state index in [0.717, 1.165) is 11.1 Å². The van der Waals surface area contributed by atoms with E-state index < -0.39 is 6.61 Å². The van der Waals surface area contributed by atoms with Crippen molar-refractivity contribution in [2.75, 3.05) is 0 Å². The van der Waals surface area contributed by atoms with Gasteiger partial charge in [0.15, 0.2) is 0 Å². The maximum atomic E-state index is 12.0. The molecule has 1 N–H and O–H groups in total. The summed E-state index contributed by atoms with van der Waals surface area (Å²) in [5.41, 5.74) is 1.52. The molecule has 0 aliphatic rings. The van der Waals surface area contributed by atoms with Crippen molar-refractivity contribution in [2.24, 2.45) is 0 Å². The molecule has 0 spiro atoms. The fourth-order valence-electron chi connectivity index (χ4n) is 1.89. The van der Waals surface area contributed by atoms with E-state index in [2.05, 4.69) is 10.1 Å². The van der Waals surface area contributed by atoms with Gasteiger partial charge in [0, 0.05) is 6.54 Å². The van der Waals surface area contributed by atoms with Gasteiger partial charge in [-0.05, 0) is 35.4 Å². The normalized spacial score (nSPS) is 10.7. The molecule has 0 aliphatic heterocycles. The average Bonchev–Trinajstić information content (AvgIpc) is 2.50. The molecule has 0 heterocycles. The zero-order valence-corrected chi connectivity index (χ0v) is 13.4. The molecule has 2 aromatic rings. The first-order chi connectivity index (χ1) is 10.9. The fraction of sp³-hybridized carbons (Fsp3) is 0.188. The molecule has 0 aromatic heterocycles. The molecular weight excluding hydrogens is 347 g/mol. The molecule has 7 heteroatoms. The standard InChI is InChI=1S/C16H13Cl2F2NO2/c17-13-6-3-11(7-14(13)18)8-15(22)21-9-10-1-4-12(5-2-10)23-16(19)20/h1-7,16H,8-9H2,(H,21,22). The van der Waals surface area contributed by atoms with Crippen molar-refractivity contribution < 1.29 is 18.3 Å². The van der Waals surface area contributed by atoms with Crippen molar-refractivity contribution in [3.63, 3.8) is 0 Å². The third-order valence-electron chi connectivity index (χ3n) is 2.99. The highest BCUT2D eigenvalue weighted by Gasteiger charge is 2.07. The number of nitrogens with one attached hydrogen (secondary N) is 1. The predicted molar refractivity (Wildman–Crippen MR) is 85.1 cm³/mol. The van der Waals surface area contributed by atoms with Crippen LogP contribution in [-0.2, 0) is 17.8 Å². The van der Waals surface area contributed by atoms with E-state index in [4.69, 9.17) is 23.2 Å². The lowest BCUT2D eigenvalue weighted by Gasteiger charge is -2.08. The van der Waals surface area contributed by atoms with E-state index in [9.17, 15) is 13.6 Å². The Morgan fingerprint density at radius 1 is 1.04 bits per heavy atom. The van der Waals surface area contributed by atoms with Crippen LogP contribution in [0.1, 0.15) is 11.1 Å². The average molecular weight is 360 g/mol. The van der Waals surface area contributed by atoms with Crippen LogP contribution in [0.15, 0.2) is 42.5 Å². The summed E-state index contributed by atoms with van der Waals surface area (Å²) in [5.74, 6) is -0.109. The van der Waals surface area contributed by atoms with Crippen LogP contribution in [0.5, 0.6) is 5.75 Å². The molecule has 2 aromatic carbocycles. The molecule has 23 heavy (non-hydrogen) atoms. The summed E-state index contributed by atoms with van der Waals surface area (Å²) in [5, 5.41) is 3.57. The minimum atomic E-state index is -2.85. The summed E-state index contributed by atoms with van der Waals surface area (Å²) in [6, 6.07) is 11.1. The number of hydrogen-bond acceptors (Lipinski definition) is 2. The summed E-state index contributed by atoms with van der Waals surface area (Å²) >= 11 is 11.7.